The number of para-hydroxylation sites is 1. The highest BCUT2D eigenvalue weighted by molar-refractivity contribution is 7.92. The van der Waals surface area contributed by atoms with E-state index in [1.54, 1.807) is 12.1 Å². The number of hydrogen-bond acceptors (Lipinski definition) is 2. The van der Waals surface area contributed by atoms with Crippen LogP contribution in [0, 0.1) is 6.92 Å². The van der Waals surface area contributed by atoms with Crippen LogP contribution in [0.25, 0.3) is 0 Å². The molecule has 2 aromatic rings. The van der Waals surface area contributed by atoms with Crippen molar-refractivity contribution in [3.05, 3.63) is 60.2 Å². The van der Waals surface area contributed by atoms with Crippen molar-refractivity contribution in [3.8, 4) is 0 Å². The second kappa shape index (κ2) is 6.76. The Morgan fingerprint density at radius 2 is 1.57 bits per heavy atom. The van der Waals surface area contributed by atoms with E-state index >= 15 is 0 Å². The molecule has 3 nitrogen and oxygen atoms in total. The fourth-order valence-electron chi connectivity index (χ4n) is 2.25. The highest BCUT2D eigenvalue weighted by Crippen LogP contribution is 2.25. The topological polar surface area (TPSA) is 37.4 Å². The minimum Gasteiger partial charge on any atom is -0.266 e. The van der Waals surface area contributed by atoms with Crippen LogP contribution in [0.15, 0.2) is 59.5 Å². The van der Waals surface area contributed by atoms with Crippen LogP contribution in [-0.4, -0.2) is 15.0 Å². The van der Waals surface area contributed by atoms with E-state index in [0.717, 1.165) is 18.4 Å². The van der Waals surface area contributed by atoms with Gasteiger partial charge in [0.25, 0.3) is 10.0 Å². The second-order valence-electron chi connectivity index (χ2n) is 5.03. The quantitative estimate of drug-likeness (QED) is 0.809. The van der Waals surface area contributed by atoms with Crippen LogP contribution in [0.3, 0.4) is 0 Å². The maximum Gasteiger partial charge on any atom is 0.264 e. The number of hydrogen-bond donors (Lipinski definition) is 0. The molecule has 0 saturated heterocycles. The Kier molecular flexibility index (Phi) is 5.02. The lowest BCUT2D eigenvalue weighted by atomic mass is 10.2. The molecule has 0 N–H and O–H groups in total. The fourth-order valence-corrected chi connectivity index (χ4v) is 3.98. The smallest absolute Gasteiger partial charge is 0.264 e. The zero-order valence-corrected chi connectivity index (χ0v) is 13.3. The van der Waals surface area contributed by atoms with Crippen LogP contribution >= 0.6 is 0 Å². The van der Waals surface area contributed by atoms with Gasteiger partial charge in [-0.2, -0.15) is 0 Å². The molecule has 0 spiro atoms. The summed E-state index contributed by atoms with van der Waals surface area (Å²) in [7, 11) is -3.52. The summed E-state index contributed by atoms with van der Waals surface area (Å²) in [4.78, 5) is 0.380. The van der Waals surface area contributed by atoms with Gasteiger partial charge in [-0.05, 0) is 37.1 Å². The number of sulfonamides is 1. The molecule has 0 radical (unpaired) electrons. The zero-order chi connectivity index (χ0) is 15.3. The van der Waals surface area contributed by atoms with Crippen LogP contribution in [0.5, 0.6) is 0 Å². The monoisotopic (exact) mass is 303 g/mol. The molecule has 0 saturated carbocycles. The first-order chi connectivity index (χ1) is 10.1. The molecule has 0 amide bonds. The van der Waals surface area contributed by atoms with Gasteiger partial charge in [-0.1, -0.05) is 49.7 Å². The van der Waals surface area contributed by atoms with Gasteiger partial charge in [0.05, 0.1) is 10.6 Å². The SMILES string of the molecule is CCCCN(c1ccccc1)S(=O)(=O)c1ccccc1C. The maximum absolute atomic E-state index is 13.0. The van der Waals surface area contributed by atoms with Gasteiger partial charge in [-0.15, -0.1) is 0 Å². The Morgan fingerprint density at radius 3 is 2.19 bits per heavy atom. The lowest BCUT2D eigenvalue weighted by Gasteiger charge is -2.25. The molecular formula is C17H21NO2S. The van der Waals surface area contributed by atoms with Gasteiger partial charge >= 0.3 is 0 Å². The third-order valence-corrected chi connectivity index (χ3v) is 5.41. The van der Waals surface area contributed by atoms with Gasteiger partial charge in [-0.25, -0.2) is 8.42 Å². The van der Waals surface area contributed by atoms with Crippen molar-refractivity contribution >= 4 is 15.7 Å². The van der Waals surface area contributed by atoms with Crippen molar-refractivity contribution < 1.29 is 8.42 Å². The van der Waals surface area contributed by atoms with Crippen molar-refractivity contribution in [2.45, 2.75) is 31.6 Å². The Morgan fingerprint density at radius 1 is 0.952 bits per heavy atom. The van der Waals surface area contributed by atoms with E-state index in [1.807, 2.05) is 49.4 Å². The molecule has 112 valence electrons. The molecule has 0 fully saturated rings. The Labute approximate surface area is 127 Å². The van der Waals surface area contributed by atoms with E-state index in [9.17, 15) is 8.42 Å². The zero-order valence-electron chi connectivity index (χ0n) is 12.5. The van der Waals surface area contributed by atoms with E-state index in [1.165, 1.54) is 4.31 Å². The van der Waals surface area contributed by atoms with Gasteiger partial charge in [0, 0.05) is 6.54 Å². The summed E-state index contributed by atoms with van der Waals surface area (Å²) in [6, 6.07) is 16.4. The molecule has 4 heteroatoms. The van der Waals surface area contributed by atoms with E-state index in [-0.39, 0.29) is 0 Å². The van der Waals surface area contributed by atoms with Gasteiger partial charge in [0.1, 0.15) is 0 Å². The minimum absolute atomic E-state index is 0.380. The highest BCUT2D eigenvalue weighted by atomic mass is 32.2. The van der Waals surface area contributed by atoms with Gasteiger partial charge in [0.2, 0.25) is 0 Å². The van der Waals surface area contributed by atoms with Crippen molar-refractivity contribution in [1.82, 2.24) is 0 Å². The number of aryl methyl sites for hydroxylation is 1. The first-order valence-electron chi connectivity index (χ1n) is 7.21. The van der Waals surface area contributed by atoms with Crippen molar-refractivity contribution in [1.29, 1.82) is 0 Å². The first kappa shape index (κ1) is 15.6. The molecule has 2 aromatic carbocycles. The van der Waals surface area contributed by atoms with Crippen LogP contribution in [0.4, 0.5) is 5.69 Å². The standard InChI is InChI=1S/C17H21NO2S/c1-3-4-14-18(16-11-6-5-7-12-16)21(19,20)17-13-9-8-10-15(17)2/h5-13H,3-4,14H2,1-2H3. The van der Waals surface area contributed by atoms with Crippen LogP contribution in [0.2, 0.25) is 0 Å². The number of benzene rings is 2. The molecule has 0 aromatic heterocycles. The summed E-state index contributed by atoms with van der Waals surface area (Å²) >= 11 is 0. The van der Waals surface area contributed by atoms with Crippen molar-refractivity contribution in [2.75, 3.05) is 10.8 Å². The van der Waals surface area contributed by atoms with Gasteiger partial charge in [-0.3, -0.25) is 4.31 Å². The third-order valence-electron chi connectivity index (χ3n) is 3.42. The Balaban J connectivity index is 2.48. The number of anilines is 1. The van der Waals surface area contributed by atoms with Crippen LogP contribution in [0.1, 0.15) is 25.3 Å². The second-order valence-corrected chi connectivity index (χ2v) is 6.86. The third kappa shape index (κ3) is 3.45. The van der Waals surface area contributed by atoms with E-state index in [4.69, 9.17) is 0 Å². The fraction of sp³-hybridized carbons (Fsp3) is 0.294. The highest BCUT2D eigenvalue weighted by Gasteiger charge is 2.25. The predicted octanol–water partition coefficient (Wildman–Crippen LogP) is 3.99. The maximum atomic E-state index is 13.0. The lowest BCUT2D eigenvalue weighted by Crippen LogP contribution is -2.32. The van der Waals surface area contributed by atoms with Crippen molar-refractivity contribution in [3.63, 3.8) is 0 Å². The Bertz CT molecular complexity index is 681. The van der Waals surface area contributed by atoms with Crippen LogP contribution in [-0.2, 0) is 10.0 Å². The summed E-state index contributed by atoms with van der Waals surface area (Å²) < 4.78 is 27.5. The molecule has 2 rings (SSSR count). The molecule has 21 heavy (non-hydrogen) atoms. The van der Waals surface area contributed by atoms with Gasteiger partial charge < -0.3 is 0 Å². The molecule has 0 atom stereocenters. The van der Waals surface area contributed by atoms with Crippen molar-refractivity contribution in [2.24, 2.45) is 0 Å². The largest absolute Gasteiger partial charge is 0.266 e. The molecule has 0 unspecified atom stereocenters. The van der Waals surface area contributed by atoms with Gasteiger partial charge in [0.15, 0.2) is 0 Å². The first-order valence-corrected chi connectivity index (χ1v) is 8.65. The molecule has 0 aliphatic rings. The summed E-state index contributed by atoms with van der Waals surface area (Å²) in [5.74, 6) is 0. The molecule has 0 aliphatic carbocycles. The summed E-state index contributed by atoms with van der Waals surface area (Å²) in [5, 5.41) is 0. The number of rotatable bonds is 6. The molecular weight excluding hydrogens is 282 g/mol. The molecule has 0 heterocycles. The van der Waals surface area contributed by atoms with Crippen LogP contribution < -0.4 is 4.31 Å². The molecule has 0 aliphatic heterocycles. The Hall–Kier alpha value is -1.81. The molecule has 0 bridgehead atoms. The van der Waals surface area contributed by atoms with E-state index in [0.29, 0.717) is 17.1 Å². The summed E-state index contributed by atoms with van der Waals surface area (Å²) in [5.41, 5.74) is 1.49. The normalized spacial score (nSPS) is 11.3. The number of nitrogens with zero attached hydrogens (tertiary/aromatic N) is 1. The predicted molar refractivity (Wildman–Crippen MR) is 87.1 cm³/mol. The van der Waals surface area contributed by atoms with E-state index < -0.39 is 10.0 Å². The minimum atomic E-state index is -3.52. The van der Waals surface area contributed by atoms with E-state index in [2.05, 4.69) is 6.92 Å². The lowest BCUT2D eigenvalue weighted by molar-refractivity contribution is 0.588. The summed E-state index contributed by atoms with van der Waals surface area (Å²) in [6.45, 7) is 4.39. The summed E-state index contributed by atoms with van der Waals surface area (Å²) in [6.07, 6.45) is 1.78. The average Bonchev–Trinajstić information content (AvgIpc) is 2.49. The average molecular weight is 303 g/mol. The number of unbranched alkanes of at least 4 members (excludes halogenated alkanes) is 1.